The van der Waals surface area contributed by atoms with Gasteiger partial charge in [-0.25, -0.2) is 0 Å². The Bertz CT molecular complexity index is 2120. The largest absolute Gasteiger partial charge is 0.507 e. The first kappa shape index (κ1) is 46.9. The van der Waals surface area contributed by atoms with E-state index in [1.165, 1.54) is 19.9 Å². The van der Waals surface area contributed by atoms with Gasteiger partial charge >= 0.3 is 0 Å². The van der Waals surface area contributed by atoms with E-state index in [0.717, 1.165) is 31.4 Å². The van der Waals surface area contributed by atoms with Crippen molar-refractivity contribution in [1.29, 1.82) is 0 Å². The van der Waals surface area contributed by atoms with Crippen molar-refractivity contribution in [1.82, 2.24) is 0 Å². The van der Waals surface area contributed by atoms with Crippen molar-refractivity contribution in [3.8, 4) is 40.1 Å². The lowest BCUT2D eigenvalue weighted by Crippen LogP contribution is -2.65. The van der Waals surface area contributed by atoms with Crippen LogP contribution in [0.5, 0.6) is 28.7 Å². The molecule has 0 aliphatic carbocycles. The Labute approximate surface area is 355 Å². The van der Waals surface area contributed by atoms with Gasteiger partial charge in [0.25, 0.3) is 0 Å². The van der Waals surface area contributed by atoms with Crippen molar-refractivity contribution < 1.29 is 113 Å². The normalized spacial score (nSPS) is 39.9. The Balaban J connectivity index is 1.18. The van der Waals surface area contributed by atoms with Gasteiger partial charge in [0.1, 0.15) is 95.7 Å². The van der Waals surface area contributed by atoms with E-state index >= 15 is 0 Å². The topological polar surface area (TPSA) is 376 Å². The summed E-state index contributed by atoms with van der Waals surface area (Å²) in [6.45, 7) is 1.54. The van der Waals surface area contributed by atoms with E-state index in [-0.39, 0.29) is 33.8 Å². The van der Waals surface area contributed by atoms with E-state index in [2.05, 4.69) is 0 Å². The van der Waals surface area contributed by atoms with Crippen molar-refractivity contribution in [3.05, 3.63) is 40.6 Å². The van der Waals surface area contributed by atoms with Gasteiger partial charge in [0.15, 0.2) is 42.2 Å². The molecule has 13 N–H and O–H groups in total. The smallest absolute Gasteiger partial charge is 0.239 e. The molecule has 350 valence electrons. The second-order valence-electron chi connectivity index (χ2n) is 15.6. The van der Waals surface area contributed by atoms with Gasteiger partial charge in [0.05, 0.1) is 32.5 Å². The average molecular weight is 903 g/mol. The fourth-order valence-corrected chi connectivity index (χ4v) is 7.59. The van der Waals surface area contributed by atoms with Crippen LogP contribution in [0.3, 0.4) is 0 Å². The molecule has 5 heterocycles. The molecule has 3 aromatic rings. The van der Waals surface area contributed by atoms with Gasteiger partial charge in [0.2, 0.25) is 17.5 Å². The Morgan fingerprint density at radius 1 is 0.635 bits per heavy atom. The zero-order chi connectivity index (χ0) is 45.8. The molecule has 4 aliphatic rings. The van der Waals surface area contributed by atoms with Crippen LogP contribution < -0.4 is 14.9 Å². The number of rotatable bonds is 11. The molecule has 4 aliphatic heterocycles. The number of ether oxygens (including phenoxy) is 9. The van der Waals surface area contributed by atoms with Gasteiger partial charge in [-0.15, -0.1) is 0 Å². The highest BCUT2D eigenvalue weighted by Gasteiger charge is 2.53. The molecule has 7 rings (SSSR count). The summed E-state index contributed by atoms with van der Waals surface area (Å²) in [5.41, 5.74) is -1.09. The van der Waals surface area contributed by atoms with Crippen LogP contribution in [0.15, 0.2) is 39.5 Å². The lowest BCUT2D eigenvalue weighted by molar-refractivity contribution is -0.371. The number of benzene rings is 2. The fourth-order valence-electron chi connectivity index (χ4n) is 7.59. The third kappa shape index (κ3) is 9.14. The summed E-state index contributed by atoms with van der Waals surface area (Å²) in [6, 6.07) is 5.62. The van der Waals surface area contributed by atoms with Crippen LogP contribution in [0.2, 0.25) is 0 Å². The maximum absolute atomic E-state index is 13.6. The number of aliphatic hydroxyl groups is 10. The molecule has 4 fully saturated rings. The number of methoxy groups -OCH3 is 1. The lowest BCUT2D eigenvalue weighted by Gasteiger charge is -2.47. The quantitative estimate of drug-likeness (QED) is 0.0814. The minimum atomic E-state index is -2.01. The lowest BCUT2D eigenvalue weighted by atomic mass is 9.97. The molecule has 0 amide bonds. The first-order chi connectivity index (χ1) is 29.8. The summed E-state index contributed by atoms with van der Waals surface area (Å²) in [5, 5.41) is 137. The second kappa shape index (κ2) is 18.8. The summed E-state index contributed by atoms with van der Waals surface area (Å²) in [6.07, 6.45) is -31.6. The number of aromatic hydroxyl groups is 3. The second-order valence-corrected chi connectivity index (χ2v) is 15.6. The highest BCUT2D eigenvalue weighted by Crippen LogP contribution is 2.40. The SMILES string of the molecule is COc1c(-c2ccc(O)c(O)c2)oc2cc(O[C@@H]3O[C@H](CO[C@@H]4O[C@@H](C)[C@H](O)[C@@H](O)[C@H]4O[C@@H]4O[C@@H](C)[C@H](O)[C@@H](O)[C@H]4O)[C@@H](O)[C@H](O)[C@H]3O[C@@H]3OC[C@@H](O)[C@H](O)[C@H]3O)cc(O)c2c1=O. The number of hydrogen-bond donors (Lipinski definition) is 13. The average Bonchev–Trinajstić information content (AvgIpc) is 3.24. The predicted molar refractivity (Wildman–Crippen MR) is 203 cm³/mol. The molecule has 2 aromatic carbocycles. The molecular weight excluding hydrogens is 852 g/mol. The van der Waals surface area contributed by atoms with Gasteiger partial charge in [-0.1, -0.05) is 0 Å². The molecule has 0 unspecified atom stereocenters. The molecule has 24 nitrogen and oxygen atoms in total. The van der Waals surface area contributed by atoms with E-state index in [9.17, 15) is 71.2 Å². The summed E-state index contributed by atoms with van der Waals surface area (Å²) in [5.74, 6) is -2.66. The van der Waals surface area contributed by atoms with E-state index in [4.69, 9.17) is 47.0 Å². The zero-order valence-electron chi connectivity index (χ0n) is 33.6. The summed E-state index contributed by atoms with van der Waals surface area (Å²) in [7, 11) is 1.16. The first-order valence-electron chi connectivity index (χ1n) is 19.7. The molecule has 19 atom stereocenters. The Morgan fingerprint density at radius 2 is 1.25 bits per heavy atom. The zero-order valence-corrected chi connectivity index (χ0v) is 33.6. The fraction of sp³-hybridized carbons (Fsp3) is 0.615. The molecule has 0 radical (unpaired) electrons. The Morgan fingerprint density at radius 3 is 1.94 bits per heavy atom. The van der Waals surface area contributed by atoms with Gasteiger partial charge in [-0.3, -0.25) is 4.79 Å². The minimum absolute atomic E-state index is 0.0775. The van der Waals surface area contributed by atoms with Crippen molar-refractivity contribution in [2.75, 3.05) is 20.3 Å². The van der Waals surface area contributed by atoms with Crippen molar-refractivity contribution in [3.63, 3.8) is 0 Å². The van der Waals surface area contributed by atoms with Gasteiger partial charge in [0, 0.05) is 17.7 Å². The van der Waals surface area contributed by atoms with Crippen LogP contribution in [0.1, 0.15) is 13.8 Å². The summed E-state index contributed by atoms with van der Waals surface area (Å²) in [4.78, 5) is 13.6. The predicted octanol–water partition coefficient (Wildman–Crippen LogP) is -4.07. The van der Waals surface area contributed by atoms with Crippen LogP contribution in [0, 0.1) is 0 Å². The summed E-state index contributed by atoms with van der Waals surface area (Å²) < 4.78 is 57.3. The number of aliphatic hydroxyl groups excluding tert-OH is 10. The van der Waals surface area contributed by atoms with Crippen LogP contribution >= 0.6 is 0 Å². The van der Waals surface area contributed by atoms with E-state index in [1.54, 1.807) is 0 Å². The van der Waals surface area contributed by atoms with Crippen molar-refractivity contribution >= 4 is 11.0 Å². The molecule has 24 heteroatoms. The van der Waals surface area contributed by atoms with Gasteiger partial charge in [-0.2, -0.15) is 0 Å². The first-order valence-corrected chi connectivity index (χ1v) is 19.7. The van der Waals surface area contributed by atoms with Crippen LogP contribution in [0.4, 0.5) is 0 Å². The van der Waals surface area contributed by atoms with Crippen molar-refractivity contribution in [2.45, 2.75) is 131 Å². The van der Waals surface area contributed by atoms with E-state index in [0.29, 0.717) is 0 Å². The van der Waals surface area contributed by atoms with E-state index in [1.807, 2.05) is 0 Å². The summed E-state index contributed by atoms with van der Waals surface area (Å²) >= 11 is 0. The van der Waals surface area contributed by atoms with Gasteiger partial charge < -0.3 is 113 Å². The molecule has 0 spiro atoms. The van der Waals surface area contributed by atoms with Crippen LogP contribution in [0.25, 0.3) is 22.3 Å². The van der Waals surface area contributed by atoms with Crippen molar-refractivity contribution in [2.24, 2.45) is 0 Å². The Hall–Kier alpha value is -4.03. The third-order valence-electron chi connectivity index (χ3n) is 11.3. The number of hydrogen-bond acceptors (Lipinski definition) is 24. The highest BCUT2D eigenvalue weighted by molar-refractivity contribution is 5.88. The van der Waals surface area contributed by atoms with Gasteiger partial charge in [-0.05, 0) is 32.0 Å². The number of fused-ring (bicyclic) bond motifs is 1. The third-order valence-corrected chi connectivity index (χ3v) is 11.3. The maximum atomic E-state index is 13.6. The molecule has 0 saturated carbocycles. The molecular formula is C39H50O24. The van der Waals surface area contributed by atoms with Crippen LogP contribution in [-0.4, -0.2) is 203 Å². The van der Waals surface area contributed by atoms with Crippen LogP contribution in [-0.2, 0) is 33.2 Å². The molecule has 0 bridgehead atoms. The van der Waals surface area contributed by atoms with E-state index < -0.39 is 153 Å². The highest BCUT2D eigenvalue weighted by atomic mass is 16.8. The minimum Gasteiger partial charge on any atom is -0.507 e. The maximum Gasteiger partial charge on any atom is 0.239 e. The standard InChI is InChI=1S/C39H50O24/c1-11-22(44)27(49)31(53)37(57-11)63-34-28(50)23(45)12(2)58-38(34)56-10-20-25(47)29(51)35(62-36-30(52)24(46)18(43)9-55-36)39(61-20)59-14-7-17(42)21-19(8-14)60-32(33(54-3)26(21)48)13-4-5-15(40)16(41)6-13/h4-8,11-12,18,20,22-25,27-31,34-47,49-53H,9-10H2,1-3H3/t11-,12-,18+,20+,22-,23-,24-,25+,27+,28+,29-,30+,31+,34+,35+,36-,37-,38+,39+/m0/s1. The Kier molecular flexibility index (Phi) is 14.0. The number of phenols is 3. The molecule has 4 saturated heterocycles. The number of phenolic OH excluding ortho intramolecular Hbond substituents is 3. The monoisotopic (exact) mass is 902 g/mol. The molecule has 1 aromatic heterocycles. The molecule has 63 heavy (non-hydrogen) atoms.